The molecule has 2 heterocycles. The molecule has 0 aliphatic rings. The Balaban J connectivity index is 1.80. The number of halogens is 1. The van der Waals surface area contributed by atoms with E-state index in [1.807, 2.05) is 31.4 Å². The molecule has 0 spiro atoms. The molecule has 0 radical (unpaired) electrons. The minimum Gasteiger partial charge on any atom is -0.321 e. The van der Waals surface area contributed by atoms with Crippen molar-refractivity contribution in [2.24, 2.45) is 7.05 Å². The Labute approximate surface area is 140 Å². The molecule has 0 saturated heterocycles. The van der Waals surface area contributed by atoms with Crippen LogP contribution in [0, 0.1) is 0 Å². The van der Waals surface area contributed by atoms with E-state index in [-0.39, 0.29) is 5.91 Å². The third-order valence-corrected chi connectivity index (χ3v) is 3.53. The quantitative estimate of drug-likeness (QED) is 0.713. The average molecular weight is 373 g/mol. The van der Waals surface area contributed by atoms with E-state index in [9.17, 15) is 4.79 Å². The SMILES string of the molecule is Cn1cc(/C=C\C(=O)Nc2cc(Br)ccc2-n2cncn2)cn1. The molecule has 0 fully saturated rings. The summed E-state index contributed by atoms with van der Waals surface area (Å²) in [5, 5.41) is 11.0. The van der Waals surface area contributed by atoms with Gasteiger partial charge in [0, 0.05) is 29.4 Å². The topological polar surface area (TPSA) is 77.6 Å². The predicted octanol–water partition coefficient (Wildman–Crippen LogP) is 2.42. The van der Waals surface area contributed by atoms with Gasteiger partial charge >= 0.3 is 0 Å². The minimum absolute atomic E-state index is 0.242. The third kappa shape index (κ3) is 3.72. The number of hydrogen-bond donors (Lipinski definition) is 1. The Morgan fingerprint density at radius 2 is 2.22 bits per heavy atom. The van der Waals surface area contributed by atoms with Crippen LogP contribution < -0.4 is 5.32 Å². The Morgan fingerprint density at radius 1 is 1.35 bits per heavy atom. The van der Waals surface area contributed by atoms with E-state index in [4.69, 9.17) is 0 Å². The fraction of sp³-hybridized carbons (Fsp3) is 0.0667. The van der Waals surface area contributed by atoms with Crippen LogP contribution >= 0.6 is 15.9 Å². The monoisotopic (exact) mass is 372 g/mol. The maximum absolute atomic E-state index is 12.1. The van der Waals surface area contributed by atoms with Crippen molar-refractivity contribution >= 4 is 33.6 Å². The minimum atomic E-state index is -0.242. The molecule has 23 heavy (non-hydrogen) atoms. The van der Waals surface area contributed by atoms with Crippen LogP contribution in [0.3, 0.4) is 0 Å². The van der Waals surface area contributed by atoms with Crippen LogP contribution in [0.2, 0.25) is 0 Å². The van der Waals surface area contributed by atoms with Gasteiger partial charge in [0.05, 0.1) is 17.6 Å². The van der Waals surface area contributed by atoms with Gasteiger partial charge in [-0.1, -0.05) is 15.9 Å². The lowest BCUT2D eigenvalue weighted by Crippen LogP contribution is -2.11. The number of anilines is 1. The Kier molecular flexibility index (Phi) is 4.33. The van der Waals surface area contributed by atoms with Gasteiger partial charge in [0.1, 0.15) is 12.7 Å². The number of aromatic nitrogens is 5. The largest absolute Gasteiger partial charge is 0.321 e. The molecule has 1 N–H and O–H groups in total. The highest BCUT2D eigenvalue weighted by Gasteiger charge is 2.08. The molecular formula is C15H13BrN6O. The summed E-state index contributed by atoms with van der Waals surface area (Å²) in [4.78, 5) is 16.1. The smallest absolute Gasteiger partial charge is 0.248 e. The molecule has 0 unspecified atom stereocenters. The lowest BCUT2D eigenvalue weighted by molar-refractivity contribution is -0.111. The summed E-state index contributed by atoms with van der Waals surface area (Å²) >= 11 is 3.40. The number of rotatable bonds is 4. The van der Waals surface area contributed by atoms with Crippen LogP contribution in [0.15, 0.2) is 53.8 Å². The molecule has 3 aromatic rings. The molecule has 0 saturated carbocycles. The second kappa shape index (κ2) is 6.57. The first-order chi connectivity index (χ1) is 11.1. The van der Waals surface area contributed by atoms with E-state index in [0.717, 1.165) is 15.7 Å². The molecule has 0 bridgehead atoms. The number of carbonyl (C=O) groups excluding carboxylic acids is 1. The van der Waals surface area contributed by atoms with E-state index < -0.39 is 0 Å². The number of carbonyl (C=O) groups is 1. The number of nitrogens with one attached hydrogen (secondary N) is 1. The fourth-order valence-corrected chi connectivity index (χ4v) is 2.37. The number of hydrogen-bond acceptors (Lipinski definition) is 4. The molecule has 116 valence electrons. The zero-order chi connectivity index (χ0) is 16.2. The molecule has 1 aromatic carbocycles. The first kappa shape index (κ1) is 15.2. The molecule has 3 rings (SSSR count). The summed E-state index contributed by atoms with van der Waals surface area (Å²) in [6.07, 6.45) is 9.69. The number of benzene rings is 1. The normalized spacial score (nSPS) is 11.0. The van der Waals surface area contributed by atoms with Crippen molar-refractivity contribution in [2.75, 3.05) is 5.32 Å². The van der Waals surface area contributed by atoms with Gasteiger partial charge in [0.25, 0.3) is 0 Å². The molecule has 0 atom stereocenters. The second-order valence-electron chi connectivity index (χ2n) is 4.77. The van der Waals surface area contributed by atoms with Crippen molar-refractivity contribution in [3.8, 4) is 5.69 Å². The van der Waals surface area contributed by atoms with Crippen LogP contribution in [0.1, 0.15) is 5.56 Å². The summed E-state index contributed by atoms with van der Waals surface area (Å²) in [7, 11) is 1.82. The molecule has 7 nitrogen and oxygen atoms in total. The van der Waals surface area contributed by atoms with Gasteiger partial charge in [0.15, 0.2) is 0 Å². The van der Waals surface area contributed by atoms with E-state index in [0.29, 0.717) is 5.69 Å². The van der Waals surface area contributed by atoms with Gasteiger partial charge in [0.2, 0.25) is 5.91 Å². The Bertz CT molecular complexity index is 853. The van der Waals surface area contributed by atoms with Gasteiger partial charge in [-0.3, -0.25) is 9.48 Å². The summed E-state index contributed by atoms with van der Waals surface area (Å²) in [5.74, 6) is -0.242. The standard InChI is InChI=1S/C15H13BrN6O/c1-21-8-11(7-18-21)2-5-15(23)20-13-6-12(16)3-4-14(13)22-10-17-9-19-22/h2-10H,1H3,(H,20,23)/b5-2-. The lowest BCUT2D eigenvalue weighted by Gasteiger charge is -2.10. The number of amides is 1. The highest BCUT2D eigenvalue weighted by atomic mass is 79.9. The molecular weight excluding hydrogens is 360 g/mol. The van der Waals surface area contributed by atoms with Gasteiger partial charge in [-0.05, 0) is 24.3 Å². The van der Waals surface area contributed by atoms with Crippen LogP contribution in [0.4, 0.5) is 5.69 Å². The van der Waals surface area contributed by atoms with E-state index in [1.54, 1.807) is 28.0 Å². The van der Waals surface area contributed by atoms with Gasteiger partial charge in [-0.25, -0.2) is 9.67 Å². The zero-order valence-corrected chi connectivity index (χ0v) is 13.8. The molecule has 0 aliphatic carbocycles. The second-order valence-corrected chi connectivity index (χ2v) is 5.69. The van der Waals surface area contributed by atoms with Crippen LogP contribution in [0.5, 0.6) is 0 Å². The summed E-state index contributed by atoms with van der Waals surface area (Å²) in [6.45, 7) is 0. The number of nitrogens with zero attached hydrogens (tertiary/aromatic N) is 5. The van der Waals surface area contributed by atoms with Crippen LogP contribution in [0.25, 0.3) is 11.8 Å². The van der Waals surface area contributed by atoms with Crippen molar-refractivity contribution in [1.82, 2.24) is 24.5 Å². The van der Waals surface area contributed by atoms with Crippen molar-refractivity contribution in [3.63, 3.8) is 0 Å². The Hall–Kier alpha value is -2.74. The van der Waals surface area contributed by atoms with E-state index in [1.165, 1.54) is 12.4 Å². The molecule has 1 amide bonds. The van der Waals surface area contributed by atoms with Crippen LogP contribution in [-0.4, -0.2) is 30.5 Å². The summed E-state index contributed by atoms with van der Waals surface area (Å²) < 4.78 is 4.12. The van der Waals surface area contributed by atoms with Gasteiger partial charge < -0.3 is 5.32 Å². The molecule has 2 aromatic heterocycles. The third-order valence-electron chi connectivity index (χ3n) is 3.03. The highest BCUT2D eigenvalue weighted by Crippen LogP contribution is 2.24. The van der Waals surface area contributed by atoms with E-state index in [2.05, 4.69) is 36.4 Å². The lowest BCUT2D eigenvalue weighted by atomic mass is 10.2. The van der Waals surface area contributed by atoms with Crippen LogP contribution in [-0.2, 0) is 11.8 Å². The average Bonchev–Trinajstić information content (AvgIpc) is 3.17. The van der Waals surface area contributed by atoms with Gasteiger partial charge in [-0.2, -0.15) is 10.2 Å². The first-order valence-corrected chi connectivity index (χ1v) is 7.53. The zero-order valence-electron chi connectivity index (χ0n) is 12.2. The fourth-order valence-electron chi connectivity index (χ4n) is 2.01. The van der Waals surface area contributed by atoms with Crippen molar-refractivity contribution in [3.05, 3.63) is 59.4 Å². The maximum Gasteiger partial charge on any atom is 0.248 e. The first-order valence-electron chi connectivity index (χ1n) is 6.74. The number of aryl methyl sites for hydroxylation is 1. The van der Waals surface area contributed by atoms with Gasteiger partial charge in [-0.15, -0.1) is 0 Å². The van der Waals surface area contributed by atoms with Crippen molar-refractivity contribution in [1.29, 1.82) is 0 Å². The van der Waals surface area contributed by atoms with E-state index >= 15 is 0 Å². The van der Waals surface area contributed by atoms with Crippen molar-refractivity contribution in [2.45, 2.75) is 0 Å². The Morgan fingerprint density at radius 3 is 2.91 bits per heavy atom. The summed E-state index contributed by atoms with van der Waals surface area (Å²) in [5.41, 5.74) is 2.22. The molecule has 0 aliphatic heterocycles. The molecule has 8 heteroatoms. The summed E-state index contributed by atoms with van der Waals surface area (Å²) in [6, 6.07) is 5.53. The maximum atomic E-state index is 12.1. The highest BCUT2D eigenvalue weighted by molar-refractivity contribution is 9.10. The van der Waals surface area contributed by atoms with Crippen molar-refractivity contribution < 1.29 is 4.79 Å². The predicted molar refractivity (Wildman–Crippen MR) is 89.9 cm³/mol.